The van der Waals surface area contributed by atoms with Crippen molar-refractivity contribution in [1.82, 2.24) is 0 Å². The van der Waals surface area contributed by atoms with Crippen LogP contribution in [0.4, 0.5) is 0 Å². The number of hydrogen-bond donors (Lipinski definition) is 0. The van der Waals surface area contributed by atoms with E-state index < -0.39 is 0 Å². The molecule has 0 radical (unpaired) electrons. The van der Waals surface area contributed by atoms with E-state index in [2.05, 4.69) is 4.89 Å². The molecule has 0 rings (SSSR count). The number of carbonyl (C=O) groups excluding carboxylic acids is 1. The van der Waals surface area contributed by atoms with Crippen LogP contribution in [-0.2, 0) is 9.68 Å². The molecule has 0 aromatic heterocycles. The van der Waals surface area contributed by atoms with E-state index in [1.165, 1.54) is 0 Å². The van der Waals surface area contributed by atoms with Crippen LogP contribution >= 0.6 is 0 Å². The maximum Gasteiger partial charge on any atom is 1.00 e. The fourth-order valence-electron chi connectivity index (χ4n) is 0. The van der Waals surface area contributed by atoms with Gasteiger partial charge in [-0.05, 0) is 0 Å². The van der Waals surface area contributed by atoms with Gasteiger partial charge in [-0.3, -0.25) is 4.79 Å². The Balaban J connectivity index is 0. The van der Waals surface area contributed by atoms with Crippen molar-refractivity contribution in [3.05, 3.63) is 0 Å². The van der Waals surface area contributed by atoms with E-state index in [0.717, 1.165) is 0 Å². The van der Waals surface area contributed by atoms with Crippen molar-refractivity contribution in [2.24, 2.45) is 0 Å². The van der Waals surface area contributed by atoms with Crippen LogP contribution < -0.4 is 34.8 Å². The van der Waals surface area contributed by atoms with Gasteiger partial charge in [0, 0.05) is 0 Å². The van der Waals surface area contributed by atoms with Gasteiger partial charge in [0.2, 0.25) is 0 Å². The Morgan fingerprint density at radius 2 is 2.00 bits per heavy atom. The van der Waals surface area contributed by atoms with Crippen LogP contribution in [0.1, 0.15) is 0 Å². The van der Waals surface area contributed by atoms with E-state index in [-0.39, 0.29) is 36.0 Å². The van der Waals surface area contributed by atoms with E-state index in [4.69, 9.17) is 10.1 Å². The summed E-state index contributed by atoms with van der Waals surface area (Å²) in [6, 6.07) is 0. The molecular weight excluding hydrogens is 83.0 g/mol. The molecule has 0 N–H and O–H groups in total. The summed E-state index contributed by atoms with van der Waals surface area (Å²) in [5.74, 6) is 0. The molecule has 0 aliphatic heterocycles. The van der Waals surface area contributed by atoms with E-state index in [9.17, 15) is 0 Å². The van der Waals surface area contributed by atoms with Crippen LogP contribution in [0.15, 0.2) is 0 Å². The van der Waals surface area contributed by atoms with Gasteiger partial charge in [-0.2, -0.15) is 0 Å². The fourth-order valence-corrected chi connectivity index (χ4v) is 0. The first-order valence-corrected chi connectivity index (χ1v) is 0.638. The molecule has 0 saturated carbocycles. The standard InChI is InChI=1S/CH2O3.Na/c2-1-4-3;/h1,3H;/q;+1/p-1. The first kappa shape index (κ1) is 9.06. The summed E-state index contributed by atoms with van der Waals surface area (Å²) >= 11 is 0. The Morgan fingerprint density at radius 3 is 2.00 bits per heavy atom. The van der Waals surface area contributed by atoms with Crippen molar-refractivity contribution in [2.75, 3.05) is 0 Å². The van der Waals surface area contributed by atoms with Crippen LogP contribution in [0.25, 0.3) is 0 Å². The Labute approximate surface area is 51.2 Å². The molecule has 0 spiro atoms. The second kappa shape index (κ2) is 8.83. The predicted octanol–water partition coefficient (Wildman–Crippen LogP) is -4.56. The van der Waals surface area contributed by atoms with Gasteiger partial charge in [-0.15, -0.1) is 0 Å². The van der Waals surface area contributed by atoms with Crippen molar-refractivity contribution >= 4 is 6.47 Å². The van der Waals surface area contributed by atoms with Crippen molar-refractivity contribution in [1.29, 1.82) is 0 Å². The van der Waals surface area contributed by atoms with Gasteiger partial charge in [0.1, 0.15) is 0 Å². The second-order valence-electron chi connectivity index (χ2n) is 0.192. The zero-order valence-electron chi connectivity index (χ0n) is 2.80. The maximum absolute atomic E-state index is 8.64. The molecular formula is CHNaO3. The van der Waals surface area contributed by atoms with Crippen molar-refractivity contribution < 1.29 is 44.5 Å². The van der Waals surface area contributed by atoms with Crippen LogP contribution in [0, 0.1) is 0 Å². The van der Waals surface area contributed by atoms with E-state index in [1.807, 2.05) is 0 Å². The van der Waals surface area contributed by atoms with Crippen LogP contribution in [0.2, 0.25) is 0 Å². The van der Waals surface area contributed by atoms with Gasteiger partial charge in [0.05, 0.1) is 0 Å². The summed E-state index contributed by atoms with van der Waals surface area (Å²) in [6.45, 7) is -0.181. The Kier molecular flexibility index (Phi) is 16.0. The largest absolute Gasteiger partial charge is 1.00 e. The Morgan fingerprint density at radius 1 is 1.80 bits per heavy atom. The number of hydrogen-bond acceptors (Lipinski definition) is 3. The van der Waals surface area contributed by atoms with Gasteiger partial charge < -0.3 is 10.1 Å². The molecule has 0 aromatic rings. The monoisotopic (exact) mass is 84.0 g/mol. The molecule has 0 saturated heterocycles. The van der Waals surface area contributed by atoms with Gasteiger partial charge in [0.15, 0.2) is 0 Å². The molecule has 4 heteroatoms. The topological polar surface area (TPSA) is 49.4 Å². The van der Waals surface area contributed by atoms with Gasteiger partial charge in [0.25, 0.3) is 6.47 Å². The summed E-state index contributed by atoms with van der Waals surface area (Å²) < 4.78 is 0. The molecule has 0 aliphatic rings. The SMILES string of the molecule is O=CO[O-].[Na+]. The molecule has 5 heavy (non-hydrogen) atoms. The molecule has 0 fully saturated rings. The van der Waals surface area contributed by atoms with Crippen LogP contribution in [0.3, 0.4) is 0 Å². The molecule has 0 unspecified atom stereocenters. The second-order valence-corrected chi connectivity index (χ2v) is 0.192. The minimum absolute atomic E-state index is 0. The number of carbonyl (C=O) groups is 1. The molecule has 0 heterocycles. The van der Waals surface area contributed by atoms with Crippen molar-refractivity contribution in [3.63, 3.8) is 0 Å². The Hall–Kier alpha value is 0.430. The number of rotatable bonds is 1. The van der Waals surface area contributed by atoms with Crippen LogP contribution in [0.5, 0.6) is 0 Å². The quantitative estimate of drug-likeness (QED) is 0.139. The summed E-state index contributed by atoms with van der Waals surface area (Å²) in [7, 11) is 0. The Bertz CT molecular complexity index is 20.9. The van der Waals surface area contributed by atoms with E-state index in [0.29, 0.717) is 0 Å². The average Bonchev–Trinajstić information content (AvgIpc) is 1.37. The smallest absolute Gasteiger partial charge is 0.662 e. The zero-order valence-corrected chi connectivity index (χ0v) is 4.80. The predicted molar refractivity (Wildman–Crippen MR) is 7.15 cm³/mol. The third-order valence-corrected chi connectivity index (χ3v) is 0.0393. The summed E-state index contributed by atoms with van der Waals surface area (Å²) in [5.41, 5.74) is 0. The molecule has 24 valence electrons. The van der Waals surface area contributed by atoms with Gasteiger partial charge in [-0.25, -0.2) is 0 Å². The first-order valence-electron chi connectivity index (χ1n) is 0.638. The maximum atomic E-state index is 8.64. The third-order valence-electron chi connectivity index (χ3n) is 0.0393. The fraction of sp³-hybridized carbons (Fsp3) is 0. The third kappa shape index (κ3) is 12.8. The van der Waals surface area contributed by atoms with Gasteiger partial charge in [-0.1, -0.05) is 0 Å². The average molecular weight is 84.0 g/mol. The summed E-state index contributed by atoms with van der Waals surface area (Å²) in [4.78, 5) is 11.2. The minimum atomic E-state index is -0.181. The molecule has 0 atom stereocenters. The molecule has 0 aliphatic carbocycles. The molecule has 0 amide bonds. The molecule has 3 nitrogen and oxygen atoms in total. The normalized spacial score (nSPS) is 4.20. The van der Waals surface area contributed by atoms with Gasteiger partial charge >= 0.3 is 29.6 Å². The van der Waals surface area contributed by atoms with Crippen LogP contribution in [-0.4, -0.2) is 6.47 Å². The van der Waals surface area contributed by atoms with E-state index in [1.54, 1.807) is 0 Å². The minimum Gasteiger partial charge on any atom is -0.662 e. The molecule has 0 bridgehead atoms. The summed E-state index contributed by atoms with van der Waals surface area (Å²) in [6.07, 6.45) is 0. The first-order chi connectivity index (χ1) is 1.91. The van der Waals surface area contributed by atoms with E-state index >= 15 is 0 Å². The molecule has 0 aromatic carbocycles. The summed E-state index contributed by atoms with van der Waals surface area (Å²) in [5, 5.41) is 8.43. The van der Waals surface area contributed by atoms with Crippen molar-refractivity contribution in [2.45, 2.75) is 0 Å². The zero-order chi connectivity index (χ0) is 3.41. The van der Waals surface area contributed by atoms with Crippen molar-refractivity contribution in [3.8, 4) is 0 Å².